The molecule has 1 heterocycles. The second-order valence-corrected chi connectivity index (χ2v) is 4.70. The Morgan fingerprint density at radius 3 is 3.11 bits per heavy atom. The highest BCUT2D eigenvalue weighted by atomic mass is 16.5. The number of benzene rings is 1. The van der Waals surface area contributed by atoms with E-state index < -0.39 is 6.10 Å². The molecule has 0 radical (unpaired) electrons. The van der Waals surface area contributed by atoms with Crippen LogP contribution in [0.5, 0.6) is 5.75 Å². The molecule has 1 amide bonds. The van der Waals surface area contributed by atoms with Crippen molar-refractivity contribution >= 4 is 11.6 Å². The number of fused-ring (bicyclic) bond motifs is 1. The molecule has 1 aliphatic heterocycles. The van der Waals surface area contributed by atoms with Crippen molar-refractivity contribution in [1.82, 2.24) is 10.2 Å². The molecule has 1 aromatic rings. The highest BCUT2D eigenvalue weighted by Crippen LogP contribution is 2.28. The summed E-state index contributed by atoms with van der Waals surface area (Å²) in [6, 6.07) is 7.68. The standard InChI is InChI=1S/C14H21N3O2/c1-15-8-5-9-17(2)14(18)13-10-16-11-6-3-4-7-12(11)19-13/h3-4,6-7,13,15-16H,5,8-10H2,1-2H3. The molecule has 0 bridgehead atoms. The second kappa shape index (κ2) is 6.43. The van der Waals surface area contributed by atoms with Gasteiger partial charge in [0.1, 0.15) is 5.75 Å². The quantitative estimate of drug-likeness (QED) is 0.776. The van der Waals surface area contributed by atoms with E-state index in [1.807, 2.05) is 38.4 Å². The van der Waals surface area contributed by atoms with Crippen LogP contribution in [0.15, 0.2) is 24.3 Å². The van der Waals surface area contributed by atoms with Crippen molar-refractivity contribution in [2.24, 2.45) is 0 Å². The minimum absolute atomic E-state index is 0.0260. The highest BCUT2D eigenvalue weighted by Gasteiger charge is 2.27. The number of amides is 1. The third-order valence-corrected chi connectivity index (χ3v) is 3.21. The average Bonchev–Trinajstić information content (AvgIpc) is 2.46. The number of anilines is 1. The number of nitrogens with one attached hydrogen (secondary N) is 2. The van der Waals surface area contributed by atoms with Gasteiger partial charge in [0.05, 0.1) is 12.2 Å². The summed E-state index contributed by atoms with van der Waals surface area (Å²) in [6.45, 7) is 2.16. The first kappa shape index (κ1) is 13.7. The normalized spacial score (nSPS) is 17.1. The first-order valence-corrected chi connectivity index (χ1v) is 6.61. The molecule has 0 aliphatic carbocycles. The fourth-order valence-corrected chi connectivity index (χ4v) is 2.10. The van der Waals surface area contributed by atoms with Gasteiger partial charge < -0.3 is 20.3 Å². The number of carbonyl (C=O) groups excluding carboxylic acids is 1. The van der Waals surface area contributed by atoms with Crippen molar-refractivity contribution in [3.8, 4) is 5.75 Å². The maximum atomic E-state index is 12.2. The largest absolute Gasteiger partial charge is 0.477 e. The third kappa shape index (κ3) is 3.38. The van der Waals surface area contributed by atoms with Gasteiger partial charge in [0.25, 0.3) is 5.91 Å². The topological polar surface area (TPSA) is 53.6 Å². The number of carbonyl (C=O) groups is 1. The molecular formula is C14H21N3O2. The molecule has 104 valence electrons. The van der Waals surface area contributed by atoms with Crippen molar-refractivity contribution in [2.45, 2.75) is 12.5 Å². The van der Waals surface area contributed by atoms with Gasteiger partial charge in [0, 0.05) is 13.6 Å². The molecule has 0 fully saturated rings. The van der Waals surface area contributed by atoms with Gasteiger partial charge in [0.2, 0.25) is 0 Å². The fraction of sp³-hybridized carbons (Fsp3) is 0.500. The van der Waals surface area contributed by atoms with E-state index >= 15 is 0 Å². The summed E-state index contributed by atoms with van der Waals surface area (Å²) < 4.78 is 5.75. The zero-order valence-corrected chi connectivity index (χ0v) is 11.5. The monoisotopic (exact) mass is 263 g/mol. The van der Waals surface area contributed by atoms with E-state index in [1.54, 1.807) is 4.90 Å². The van der Waals surface area contributed by atoms with Crippen molar-refractivity contribution < 1.29 is 9.53 Å². The summed E-state index contributed by atoms with van der Waals surface area (Å²) in [6.07, 6.45) is 0.504. The summed E-state index contributed by atoms with van der Waals surface area (Å²) in [5.74, 6) is 0.772. The van der Waals surface area contributed by atoms with Crippen LogP contribution in [0.1, 0.15) is 6.42 Å². The zero-order chi connectivity index (χ0) is 13.7. The Bertz CT molecular complexity index is 436. The third-order valence-electron chi connectivity index (χ3n) is 3.21. The molecule has 0 saturated carbocycles. The molecule has 0 saturated heterocycles. The Morgan fingerprint density at radius 2 is 2.32 bits per heavy atom. The van der Waals surface area contributed by atoms with Gasteiger partial charge >= 0.3 is 0 Å². The van der Waals surface area contributed by atoms with Gasteiger partial charge in [-0.05, 0) is 32.1 Å². The molecule has 2 rings (SSSR count). The van der Waals surface area contributed by atoms with E-state index in [2.05, 4.69) is 10.6 Å². The van der Waals surface area contributed by atoms with Crippen LogP contribution in [0.4, 0.5) is 5.69 Å². The molecule has 0 aromatic heterocycles. The van der Waals surface area contributed by atoms with Gasteiger partial charge in [-0.1, -0.05) is 12.1 Å². The predicted molar refractivity (Wildman–Crippen MR) is 75.5 cm³/mol. The molecule has 1 atom stereocenters. The van der Waals surface area contributed by atoms with E-state index in [4.69, 9.17) is 4.74 Å². The Hall–Kier alpha value is -1.75. The van der Waals surface area contributed by atoms with Gasteiger partial charge in [-0.15, -0.1) is 0 Å². The first-order chi connectivity index (χ1) is 9.22. The lowest BCUT2D eigenvalue weighted by Crippen LogP contribution is -2.46. The van der Waals surface area contributed by atoms with Gasteiger partial charge in [-0.2, -0.15) is 0 Å². The van der Waals surface area contributed by atoms with Crippen LogP contribution in [0.2, 0.25) is 0 Å². The molecular weight excluding hydrogens is 242 g/mol. The minimum Gasteiger partial charge on any atom is -0.477 e. The number of likely N-dealkylation sites (N-methyl/N-ethyl adjacent to an activating group) is 1. The number of hydrogen-bond acceptors (Lipinski definition) is 4. The lowest BCUT2D eigenvalue weighted by molar-refractivity contribution is -0.137. The van der Waals surface area contributed by atoms with E-state index in [-0.39, 0.29) is 5.91 Å². The number of ether oxygens (including phenoxy) is 1. The molecule has 19 heavy (non-hydrogen) atoms. The average molecular weight is 263 g/mol. The highest BCUT2D eigenvalue weighted by molar-refractivity contribution is 5.83. The van der Waals surface area contributed by atoms with Gasteiger partial charge in [-0.25, -0.2) is 0 Å². The predicted octanol–water partition coefficient (Wildman–Crippen LogP) is 0.927. The van der Waals surface area contributed by atoms with Crippen LogP contribution in [0.25, 0.3) is 0 Å². The SMILES string of the molecule is CNCCCN(C)C(=O)C1CNc2ccccc2O1. The van der Waals surface area contributed by atoms with Crippen LogP contribution >= 0.6 is 0 Å². The van der Waals surface area contributed by atoms with Crippen LogP contribution < -0.4 is 15.4 Å². The summed E-state index contributed by atoms with van der Waals surface area (Å²) in [5, 5.41) is 6.30. The molecule has 1 aliphatic rings. The fourth-order valence-electron chi connectivity index (χ4n) is 2.10. The first-order valence-electron chi connectivity index (χ1n) is 6.61. The van der Waals surface area contributed by atoms with Crippen molar-refractivity contribution in [2.75, 3.05) is 39.0 Å². The van der Waals surface area contributed by atoms with Crippen molar-refractivity contribution in [3.63, 3.8) is 0 Å². The Labute approximate surface area is 113 Å². The van der Waals surface area contributed by atoms with Gasteiger partial charge in [0.15, 0.2) is 6.10 Å². The summed E-state index contributed by atoms with van der Waals surface area (Å²) in [7, 11) is 3.73. The van der Waals surface area contributed by atoms with Crippen molar-refractivity contribution in [3.05, 3.63) is 24.3 Å². The lowest BCUT2D eigenvalue weighted by atomic mass is 10.2. The minimum atomic E-state index is -0.436. The summed E-state index contributed by atoms with van der Waals surface area (Å²) >= 11 is 0. The summed E-state index contributed by atoms with van der Waals surface area (Å²) in [5.41, 5.74) is 0.949. The Balaban J connectivity index is 1.91. The van der Waals surface area contributed by atoms with E-state index in [0.29, 0.717) is 6.54 Å². The number of rotatable bonds is 5. The summed E-state index contributed by atoms with van der Waals surface area (Å²) in [4.78, 5) is 14.0. The Morgan fingerprint density at radius 1 is 1.53 bits per heavy atom. The zero-order valence-electron chi connectivity index (χ0n) is 11.5. The number of para-hydroxylation sites is 2. The molecule has 5 nitrogen and oxygen atoms in total. The van der Waals surface area contributed by atoms with Crippen LogP contribution in [0.3, 0.4) is 0 Å². The van der Waals surface area contributed by atoms with Crippen LogP contribution in [-0.2, 0) is 4.79 Å². The maximum Gasteiger partial charge on any atom is 0.265 e. The van der Waals surface area contributed by atoms with Crippen LogP contribution in [-0.4, -0.2) is 50.6 Å². The number of nitrogens with zero attached hydrogens (tertiary/aromatic N) is 1. The van der Waals surface area contributed by atoms with Crippen molar-refractivity contribution in [1.29, 1.82) is 0 Å². The molecule has 1 aromatic carbocycles. The smallest absolute Gasteiger partial charge is 0.265 e. The molecule has 2 N–H and O–H groups in total. The number of hydrogen-bond donors (Lipinski definition) is 2. The van der Waals surface area contributed by atoms with Gasteiger partial charge in [-0.3, -0.25) is 4.79 Å². The lowest BCUT2D eigenvalue weighted by Gasteiger charge is -2.29. The second-order valence-electron chi connectivity index (χ2n) is 4.70. The molecule has 5 heteroatoms. The van der Waals surface area contributed by atoms with E-state index in [9.17, 15) is 4.79 Å². The van der Waals surface area contributed by atoms with E-state index in [0.717, 1.165) is 30.9 Å². The maximum absolute atomic E-state index is 12.2. The Kier molecular flexibility index (Phi) is 4.63. The molecule has 1 unspecified atom stereocenters. The molecule has 0 spiro atoms. The van der Waals surface area contributed by atoms with E-state index in [1.165, 1.54) is 0 Å². The van der Waals surface area contributed by atoms with Crippen LogP contribution in [0, 0.1) is 0 Å².